The van der Waals surface area contributed by atoms with Gasteiger partial charge in [0.2, 0.25) is 0 Å². The molecule has 1 N–H and O–H groups in total. The Morgan fingerprint density at radius 1 is 1.33 bits per heavy atom. The van der Waals surface area contributed by atoms with E-state index in [2.05, 4.69) is 32.2 Å². The SMILES string of the molecule is CCc1nc(-c2cccc(OC)c2)sc1CNCC(C)C. The molecule has 1 heterocycles. The summed E-state index contributed by atoms with van der Waals surface area (Å²) in [6.07, 6.45) is 0.971. The van der Waals surface area contributed by atoms with Gasteiger partial charge in [0, 0.05) is 17.0 Å². The molecule has 114 valence electrons. The van der Waals surface area contributed by atoms with Crippen LogP contribution in [0.3, 0.4) is 0 Å². The smallest absolute Gasteiger partial charge is 0.124 e. The summed E-state index contributed by atoms with van der Waals surface area (Å²) in [5, 5.41) is 4.58. The van der Waals surface area contributed by atoms with E-state index in [4.69, 9.17) is 9.72 Å². The van der Waals surface area contributed by atoms with Crippen LogP contribution in [0.1, 0.15) is 31.3 Å². The number of nitrogens with zero attached hydrogens (tertiary/aromatic N) is 1. The summed E-state index contributed by atoms with van der Waals surface area (Å²) in [6.45, 7) is 8.55. The predicted octanol–water partition coefficient (Wildman–Crippen LogP) is 4.13. The Balaban J connectivity index is 2.19. The van der Waals surface area contributed by atoms with Crippen molar-refractivity contribution in [2.45, 2.75) is 33.7 Å². The van der Waals surface area contributed by atoms with Crippen molar-refractivity contribution in [1.29, 1.82) is 0 Å². The minimum absolute atomic E-state index is 0.667. The van der Waals surface area contributed by atoms with Gasteiger partial charge in [-0.2, -0.15) is 0 Å². The van der Waals surface area contributed by atoms with E-state index in [1.807, 2.05) is 18.2 Å². The third kappa shape index (κ3) is 4.29. The first kappa shape index (κ1) is 16.0. The lowest BCUT2D eigenvalue weighted by molar-refractivity contribution is 0.415. The fourth-order valence-corrected chi connectivity index (χ4v) is 3.27. The van der Waals surface area contributed by atoms with Crippen LogP contribution in [0, 0.1) is 5.92 Å². The number of hydrogen-bond donors (Lipinski definition) is 1. The molecule has 0 aliphatic rings. The van der Waals surface area contributed by atoms with Crippen LogP contribution < -0.4 is 10.1 Å². The van der Waals surface area contributed by atoms with Crippen LogP contribution in [0.2, 0.25) is 0 Å². The molecule has 2 rings (SSSR count). The van der Waals surface area contributed by atoms with Crippen molar-refractivity contribution in [1.82, 2.24) is 10.3 Å². The summed E-state index contributed by atoms with van der Waals surface area (Å²) in [7, 11) is 1.69. The maximum absolute atomic E-state index is 5.30. The van der Waals surface area contributed by atoms with E-state index in [1.165, 1.54) is 10.6 Å². The van der Waals surface area contributed by atoms with Gasteiger partial charge in [-0.3, -0.25) is 0 Å². The summed E-state index contributed by atoms with van der Waals surface area (Å²) in [5.41, 5.74) is 2.33. The zero-order chi connectivity index (χ0) is 15.2. The zero-order valence-electron chi connectivity index (χ0n) is 13.3. The monoisotopic (exact) mass is 304 g/mol. The van der Waals surface area contributed by atoms with Crippen molar-refractivity contribution in [3.63, 3.8) is 0 Å². The lowest BCUT2D eigenvalue weighted by atomic mass is 10.2. The molecule has 0 fully saturated rings. The number of methoxy groups -OCH3 is 1. The second-order valence-corrected chi connectivity index (χ2v) is 6.58. The van der Waals surface area contributed by atoms with Crippen LogP contribution in [0.4, 0.5) is 0 Å². The van der Waals surface area contributed by atoms with Gasteiger partial charge in [-0.15, -0.1) is 11.3 Å². The molecule has 0 aliphatic carbocycles. The van der Waals surface area contributed by atoms with Gasteiger partial charge < -0.3 is 10.1 Å². The molecule has 1 aromatic heterocycles. The Hall–Kier alpha value is -1.39. The maximum atomic E-state index is 5.30. The van der Waals surface area contributed by atoms with Gasteiger partial charge in [-0.1, -0.05) is 32.9 Å². The number of hydrogen-bond acceptors (Lipinski definition) is 4. The number of ether oxygens (including phenoxy) is 1. The van der Waals surface area contributed by atoms with Crippen molar-refractivity contribution in [3.05, 3.63) is 34.8 Å². The Morgan fingerprint density at radius 2 is 2.14 bits per heavy atom. The molecule has 0 amide bonds. The fourth-order valence-electron chi connectivity index (χ4n) is 2.15. The highest BCUT2D eigenvalue weighted by Crippen LogP contribution is 2.30. The van der Waals surface area contributed by atoms with Crippen molar-refractivity contribution >= 4 is 11.3 Å². The Labute approximate surface area is 131 Å². The number of nitrogens with one attached hydrogen (secondary N) is 1. The molecule has 0 saturated carbocycles. The van der Waals surface area contributed by atoms with Crippen molar-refractivity contribution in [2.75, 3.05) is 13.7 Å². The number of rotatable bonds is 7. The van der Waals surface area contributed by atoms with Gasteiger partial charge in [0.1, 0.15) is 10.8 Å². The number of benzene rings is 1. The molecule has 0 radical (unpaired) electrons. The molecule has 3 nitrogen and oxygen atoms in total. The summed E-state index contributed by atoms with van der Waals surface area (Å²) in [5.74, 6) is 1.54. The average Bonchev–Trinajstić information content (AvgIpc) is 2.90. The molecule has 0 atom stereocenters. The van der Waals surface area contributed by atoms with Crippen LogP contribution >= 0.6 is 11.3 Å². The topological polar surface area (TPSA) is 34.1 Å². The van der Waals surface area contributed by atoms with Crippen molar-refractivity contribution < 1.29 is 4.74 Å². The second-order valence-electron chi connectivity index (χ2n) is 5.50. The first-order valence-electron chi connectivity index (χ1n) is 7.47. The molecule has 0 aliphatic heterocycles. The average molecular weight is 304 g/mol. The summed E-state index contributed by atoms with van der Waals surface area (Å²) < 4.78 is 5.30. The maximum Gasteiger partial charge on any atom is 0.124 e. The van der Waals surface area contributed by atoms with Crippen molar-refractivity contribution in [3.8, 4) is 16.3 Å². The van der Waals surface area contributed by atoms with Gasteiger partial charge in [-0.25, -0.2) is 4.98 Å². The highest BCUT2D eigenvalue weighted by Gasteiger charge is 2.11. The molecule has 0 bridgehead atoms. The molecule has 2 aromatic rings. The third-order valence-electron chi connectivity index (χ3n) is 3.27. The zero-order valence-corrected chi connectivity index (χ0v) is 14.1. The van der Waals surface area contributed by atoms with E-state index in [-0.39, 0.29) is 0 Å². The summed E-state index contributed by atoms with van der Waals surface area (Å²) in [6, 6.07) is 8.11. The van der Waals surface area contributed by atoms with Crippen LogP contribution in [0.25, 0.3) is 10.6 Å². The van der Waals surface area contributed by atoms with Crippen LogP contribution in [-0.4, -0.2) is 18.6 Å². The van der Waals surface area contributed by atoms with E-state index in [9.17, 15) is 0 Å². The molecule has 21 heavy (non-hydrogen) atoms. The van der Waals surface area contributed by atoms with E-state index in [0.717, 1.165) is 35.8 Å². The Bertz CT molecular complexity index is 578. The van der Waals surface area contributed by atoms with Crippen LogP contribution in [0.15, 0.2) is 24.3 Å². The normalized spacial score (nSPS) is 11.1. The van der Waals surface area contributed by atoms with Gasteiger partial charge in [0.05, 0.1) is 12.8 Å². The van der Waals surface area contributed by atoms with Gasteiger partial charge in [-0.05, 0) is 31.0 Å². The molecule has 0 spiro atoms. The van der Waals surface area contributed by atoms with Crippen molar-refractivity contribution in [2.24, 2.45) is 5.92 Å². The fraction of sp³-hybridized carbons (Fsp3) is 0.471. The second kappa shape index (κ2) is 7.57. The molecular formula is C17H24N2OS. The number of thiazole rings is 1. The highest BCUT2D eigenvalue weighted by atomic mass is 32.1. The van der Waals surface area contributed by atoms with E-state index < -0.39 is 0 Å². The standard InChI is InChI=1S/C17H24N2OS/c1-5-15-16(11-18-10-12(2)3)21-17(19-15)13-7-6-8-14(9-13)20-4/h6-9,12,18H,5,10-11H2,1-4H3. The Morgan fingerprint density at radius 3 is 2.81 bits per heavy atom. The molecule has 1 aromatic carbocycles. The summed E-state index contributed by atoms with van der Waals surface area (Å²) in [4.78, 5) is 6.14. The first-order chi connectivity index (χ1) is 10.1. The first-order valence-corrected chi connectivity index (χ1v) is 8.29. The number of aromatic nitrogens is 1. The molecule has 4 heteroatoms. The molecular weight excluding hydrogens is 280 g/mol. The predicted molar refractivity (Wildman–Crippen MR) is 90.0 cm³/mol. The van der Waals surface area contributed by atoms with E-state index in [0.29, 0.717) is 5.92 Å². The minimum atomic E-state index is 0.667. The Kier molecular flexibility index (Phi) is 5.76. The molecule has 0 saturated heterocycles. The lowest BCUT2D eigenvalue weighted by Crippen LogP contribution is -2.18. The quantitative estimate of drug-likeness (QED) is 0.835. The van der Waals surface area contributed by atoms with Gasteiger partial charge in [0.15, 0.2) is 0 Å². The number of aryl methyl sites for hydroxylation is 1. The van der Waals surface area contributed by atoms with Crippen LogP contribution in [0.5, 0.6) is 5.75 Å². The van der Waals surface area contributed by atoms with E-state index in [1.54, 1.807) is 18.4 Å². The molecule has 0 unspecified atom stereocenters. The van der Waals surface area contributed by atoms with Gasteiger partial charge >= 0.3 is 0 Å². The lowest BCUT2D eigenvalue weighted by Gasteiger charge is -2.06. The van der Waals surface area contributed by atoms with E-state index >= 15 is 0 Å². The van der Waals surface area contributed by atoms with Gasteiger partial charge in [0.25, 0.3) is 0 Å². The third-order valence-corrected chi connectivity index (χ3v) is 4.41. The largest absolute Gasteiger partial charge is 0.497 e. The minimum Gasteiger partial charge on any atom is -0.497 e. The van der Waals surface area contributed by atoms with Crippen LogP contribution in [-0.2, 0) is 13.0 Å². The highest BCUT2D eigenvalue weighted by molar-refractivity contribution is 7.15. The summed E-state index contributed by atoms with van der Waals surface area (Å²) >= 11 is 1.78.